The van der Waals surface area contributed by atoms with Crippen LogP contribution in [0.4, 0.5) is 5.13 Å². The highest BCUT2D eigenvalue weighted by molar-refractivity contribution is 7.15. The van der Waals surface area contributed by atoms with Crippen LogP contribution in [0.2, 0.25) is 0 Å². The highest BCUT2D eigenvalue weighted by atomic mass is 32.1. The average molecular weight is 313 g/mol. The molecule has 0 aromatic carbocycles. The lowest BCUT2D eigenvalue weighted by Crippen LogP contribution is -2.45. The Labute approximate surface area is 129 Å². The van der Waals surface area contributed by atoms with Crippen molar-refractivity contribution in [2.45, 2.75) is 31.8 Å². The Morgan fingerprint density at radius 1 is 1.57 bits per heavy atom. The van der Waals surface area contributed by atoms with Crippen LogP contribution in [0.25, 0.3) is 0 Å². The van der Waals surface area contributed by atoms with E-state index >= 15 is 0 Å². The largest absolute Gasteiger partial charge is 0.395 e. The number of carbonyl (C=O) groups excluding carboxylic acids is 1. The van der Waals surface area contributed by atoms with Crippen molar-refractivity contribution in [2.75, 3.05) is 39.1 Å². The van der Waals surface area contributed by atoms with Gasteiger partial charge in [0.05, 0.1) is 13.0 Å². The van der Waals surface area contributed by atoms with Crippen LogP contribution in [0.15, 0.2) is 0 Å². The summed E-state index contributed by atoms with van der Waals surface area (Å²) in [6.45, 7) is 3.62. The van der Waals surface area contributed by atoms with Crippen LogP contribution >= 0.6 is 11.3 Å². The maximum Gasteiger partial charge on any atom is 0.229 e. The second kappa shape index (κ2) is 7.15. The molecule has 0 bridgehead atoms. The van der Waals surface area contributed by atoms with Crippen LogP contribution in [0.5, 0.6) is 0 Å². The third kappa shape index (κ3) is 3.69. The molecule has 2 N–H and O–H groups in total. The van der Waals surface area contributed by atoms with Gasteiger partial charge in [-0.15, -0.1) is 10.2 Å². The van der Waals surface area contributed by atoms with E-state index in [1.807, 2.05) is 11.9 Å². The van der Waals surface area contributed by atoms with E-state index in [2.05, 4.69) is 27.3 Å². The summed E-state index contributed by atoms with van der Waals surface area (Å²) in [4.78, 5) is 16.5. The van der Waals surface area contributed by atoms with Gasteiger partial charge in [0.2, 0.25) is 11.0 Å². The Balaban J connectivity index is 1.94. The van der Waals surface area contributed by atoms with Gasteiger partial charge in [0, 0.05) is 32.2 Å². The fraction of sp³-hybridized carbons (Fsp3) is 0.769. The quantitative estimate of drug-likeness (QED) is 0.771. The molecule has 8 heteroatoms. The number of carbonyl (C=O) groups is 1. The van der Waals surface area contributed by atoms with Crippen molar-refractivity contribution >= 4 is 22.4 Å². The Bertz CT molecular complexity index is 481. The predicted molar refractivity (Wildman–Crippen MR) is 82.5 cm³/mol. The Morgan fingerprint density at radius 3 is 2.95 bits per heavy atom. The zero-order valence-corrected chi connectivity index (χ0v) is 13.6. The van der Waals surface area contributed by atoms with Crippen molar-refractivity contribution in [3.05, 3.63) is 5.01 Å². The average Bonchev–Trinajstić information content (AvgIpc) is 3.05. The lowest BCUT2D eigenvalue weighted by molar-refractivity contribution is -0.131. The summed E-state index contributed by atoms with van der Waals surface area (Å²) in [5, 5.41) is 21.4. The van der Waals surface area contributed by atoms with Crippen LogP contribution in [-0.4, -0.2) is 76.9 Å². The van der Waals surface area contributed by atoms with Crippen molar-refractivity contribution in [3.63, 3.8) is 0 Å². The van der Waals surface area contributed by atoms with Gasteiger partial charge in [-0.05, 0) is 20.4 Å². The monoisotopic (exact) mass is 313 g/mol. The van der Waals surface area contributed by atoms with Gasteiger partial charge in [-0.1, -0.05) is 11.3 Å². The van der Waals surface area contributed by atoms with Crippen LogP contribution in [0, 0.1) is 0 Å². The molecule has 1 amide bonds. The summed E-state index contributed by atoms with van der Waals surface area (Å²) in [5.74, 6) is 0.0983. The predicted octanol–water partition coefficient (Wildman–Crippen LogP) is 0.0358. The number of likely N-dealkylation sites (N-methyl/N-ethyl adjacent to an activating group) is 1. The molecule has 2 atom stereocenters. The zero-order chi connectivity index (χ0) is 15.4. The summed E-state index contributed by atoms with van der Waals surface area (Å²) in [5.41, 5.74) is 0. The Morgan fingerprint density at radius 2 is 2.33 bits per heavy atom. The second-order valence-electron chi connectivity index (χ2n) is 5.32. The van der Waals surface area contributed by atoms with E-state index in [4.69, 9.17) is 5.11 Å². The summed E-state index contributed by atoms with van der Waals surface area (Å²) in [7, 11) is 3.78. The molecular formula is C13H23N5O2S. The minimum Gasteiger partial charge on any atom is -0.395 e. The third-order valence-corrected chi connectivity index (χ3v) is 4.98. The number of aliphatic hydroxyl groups is 1. The van der Waals surface area contributed by atoms with Crippen LogP contribution in [0.3, 0.4) is 0 Å². The fourth-order valence-electron chi connectivity index (χ4n) is 2.84. The molecule has 2 heterocycles. The van der Waals surface area contributed by atoms with E-state index in [1.54, 1.807) is 7.05 Å². The summed E-state index contributed by atoms with van der Waals surface area (Å²) < 4.78 is 0. The lowest BCUT2D eigenvalue weighted by Gasteiger charge is -2.30. The van der Waals surface area contributed by atoms with E-state index in [-0.39, 0.29) is 18.6 Å². The van der Waals surface area contributed by atoms with Gasteiger partial charge in [-0.3, -0.25) is 9.69 Å². The molecule has 1 aromatic rings. The first-order chi connectivity index (χ1) is 10.1. The van der Waals surface area contributed by atoms with E-state index in [1.165, 1.54) is 11.3 Å². The first-order valence-corrected chi connectivity index (χ1v) is 7.99. The maximum atomic E-state index is 12.4. The van der Waals surface area contributed by atoms with E-state index < -0.39 is 0 Å². The first kappa shape index (κ1) is 16.1. The second-order valence-corrected chi connectivity index (χ2v) is 6.38. The number of nitrogens with zero attached hydrogens (tertiary/aromatic N) is 4. The molecule has 118 valence electrons. The highest BCUT2D eigenvalue weighted by Crippen LogP contribution is 2.23. The van der Waals surface area contributed by atoms with Crippen molar-refractivity contribution in [3.8, 4) is 0 Å². The van der Waals surface area contributed by atoms with E-state index in [0.717, 1.165) is 23.1 Å². The molecule has 1 saturated heterocycles. The van der Waals surface area contributed by atoms with Crippen molar-refractivity contribution in [1.29, 1.82) is 0 Å². The number of aromatic nitrogens is 2. The molecule has 0 spiro atoms. The van der Waals surface area contributed by atoms with Gasteiger partial charge in [-0.2, -0.15) is 0 Å². The molecule has 1 aliphatic heterocycles. The van der Waals surface area contributed by atoms with Crippen LogP contribution < -0.4 is 5.32 Å². The van der Waals surface area contributed by atoms with Crippen molar-refractivity contribution in [1.82, 2.24) is 20.0 Å². The molecule has 1 aromatic heterocycles. The van der Waals surface area contributed by atoms with Crippen LogP contribution in [0.1, 0.15) is 18.4 Å². The SMILES string of the molecule is CNc1nnc(CC(=O)N2CC[C@@H](N(C)CCO)[C@H]2C)s1. The smallest absolute Gasteiger partial charge is 0.229 e. The minimum absolute atomic E-state index is 0.0983. The number of rotatable bonds is 6. The number of hydrogen-bond donors (Lipinski definition) is 2. The maximum absolute atomic E-state index is 12.4. The molecule has 1 aliphatic rings. The molecule has 0 radical (unpaired) electrons. The summed E-state index contributed by atoms with van der Waals surface area (Å²) >= 11 is 1.41. The number of amides is 1. The van der Waals surface area contributed by atoms with Gasteiger partial charge >= 0.3 is 0 Å². The van der Waals surface area contributed by atoms with Gasteiger partial charge in [0.1, 0.15) is 5.01 Å². The number of nitrogens with one attached hydrogen (secondary N) is 1. The lowest BCUT2D eigenvalue weighted by atomic mass is 10.1. The number of hydrogen-bond acceptors (Lipinski definition) is 7. The first-order valence-electron chi connectivity index (χ1n) is 7.17. The molecule has 21 heavy (non-hydrogen) atoms. The van der Waals surface area contributed by atoms with E-state index in [0.29, 0.717) is 19.0 Å². The van der Waals surface area contributed by atoms with Gasteiger partial charge in [0.15, 0.2) is 0 Å². The third-order valence-electron chi connectivity index (χ3n) is 4.04. The Hall–Kier alpha value is -1.25. The van der Waals surface area contributed by atoms with Gasteiger partial charge in [0.25, 0.3) is 0 Å². The van der Waals surface area contributed by atoms with Gasteiger partial charge in [-0.25, -0.2) is 0 Å². The highest BCUT2D eigenvalue weighted by Gasteiger charge is 2.35. The topological polar surface area (TPSA) is 81.6 Å². The summed E-state index contributed by atoms with van der Waals surface area (Å²) in [6.07, 6.45) is 1.25. The fourth-order valence-corrected chi connectivity index (χ4v) is 3.53. The normalized spacial score (nSPS) is 22.0. The standard InChI is InChI=1S/C13H23N5O2S/c1-9-10(17(3)6-7-19)4-5-18(9)12(20)8-11-15-16-13(14-2)21-11/h9-10,19H,4-8H2,1-3H3,(H,14,16)/t9-,10-/m1/s1. The minimum atomic E-state index is 0.0983. The molecule has 1 fully saturated rings. The zero-order valence-electron chi connectivity index (χ0n) is 12.7. The number of anilines is 1. The molecule has 0 saturated carbocycles. The Kier molecular flexibility index (Phi) is 5.49. The van der Waals surface area contributed by atoms with Crippen molar-refractivity contribution in [2.24, 2.45) is 0 Å². The van der Waals surface area contributed by atoms with Crippen LogP contribution in [-0.2, 0) is 11.2 Å². The number of aliphatic hydroxyl groups excluding tert-OH is 1. The molecule has 0 aliphatic carbocycles. The molecule has 7 nitrogen and oxygen atoms in total. The number of likely N-dealkylation sites (tertiary alicyclic amines) is 1. The molecule has 2 rings (SSSR count). The van der Waals surface area contributed by atoms with Crippen molar-refractivity contribution < 1.29 is 9.90 Å². The van der Waals surface area contributed by atoms with E-state index in [9.17, 15) is 4.79 Å². The van der Waals surface area contributed by atoms with Gasteiger partial charge < -0.3 is 15.3 Å². The molecular weight excluding hydrogens is 290 g/mol. The summed E-state index contributed by atoms with van der Waals surface area (Å²) in [6, 6.07) is 0.467. The molecule has 0 unspecified atom stereocenters.